The normalized spacial score (nSPS) is 15.9. The Bertz CT molecular complexity index is 1120. The Hall–Kier alpha value is -3.57. The number of hydrogen-bond acceptors (Lipinski definition) is 7. The van der Waals surface area contributed by atoms with Gasteiger partial charge in [0.05, 0.1) is 13.2 Å². The van der Waals surface area contributed by atoms with Crippen LogP contribution in [0.3, 0.4) is 0 Å². The number of nitrogens with zero attached hydrogens (tertiary/aromatic N) is 5. The molecule has 1 aliphatic heterocycles. The Morgan fingerprint density at radius 2 is 2.07 bits per heavy atom. The molecule has 0 aliphatic carbocycles. The van der Waals surface area contributed by atoms with Crippen molar-refractivity contribution in [3.05, 3.63) is 48.0 Å². The van der Waals surface area contributed by atoms with Gasteiger partial charge in [-0.3, -0.25) is 4.57 Å². The monoisotopic (exact) mass is 404 g/mol. The number of ether oxygens (including phenoxy) is 2. The lowest BCUT2D eigenvalue weighted by atomic mass is 9.99. The molecule has 30 heavy (non-hydrogen) atoms. The van der Waals surface area contributed by atoms with E-state index in [1.165, 1.54) is 0 Å². The van der Waals surface area contributed by atoms with E-state index < -0.39 is 0 Å². The number of rotatable bonds is 5. The number of aryl methyl sites for hydroxylation is 1. The van der Waals surface area contributed by atoms with E-state index in [2.05, 4.69) is 27.0 Å². The van der Waals surface area contributed by atoms with Crippen molar-refractivity contribution in [2.24, 2.45) is 0 Å². The SMILES string of the molecule is COc1cc(-c2cc(N)nc(-n3ccnc3C)c2C#N)cc(N2CCC(OC)C2)c1. The number of methoxy groups -OCH3 is 2. The molecule has 2 aromatic heterocycles. The molecule has 1 unspecified atom stereocenters. The second-order valence-corrected chi connectivity index (χ2v) is 7.26. The maximum atomic E-state index is 9.99. The quantitative estimate of drug-likeness (QED) is 0.697. The molecule has 1 aliphatic rings. The Morgan fingerprint density at radius 3 is 2.70 bits per heavy atom. The highest BCUT2D eigenvalue weighted by Crippen LogP contribution is 2.36. The molecular weight excluding hydrogens is 380 g/mol. The van der Waals surface area contributed by atoms with Crippen LogP contribution in [0.4, 0.5) is 11.5 Å². The first-order valence-electron chi connectivity index (χ1n) is 9.72. The molecule has 0 saturated carbocycles. The van der Waals surface area contributed by atoms with Crippen LogP contribution in [0, 0.1) is 18.3 Å². The van der Waals surface area contributed by atoms with E-state index in [0.29, 0.717) is 28.5 Å². The molecule has 0 radical (unpaired) electrons. The van der Waals surface area contributed by atoms with E-state index in [-0.39, 0.29) is 6.10 Å². The second-order valence-electron chi connectivity index (χ2n) is 7.26. The molecule has 2 N–H and O–H groups in total. The van der Waals surface area contributed by atoms with E-state index in [4.69, 9.17) is 15.2 Å². The van der Waals surface area contributed by atoms with Crippen LogP contribution in [0.1, 0.15) is 17.8 Å². The van der Waals surface area contributed by atoms with Crippen molar-refractivity contribution in [1.29, 1.82) is 5.26 Å². The number of hydrogen-bond donors (Lipinski definition) is 1. The Kier molecular flexibility index (Phi) is 5.29. The van der Waals surface area contributed by atoms with Crippen LogP contribution in [0.15, 0.2) is 36.7 Å². The Labute approximate surface area is 175 Å². The fourth-order valence-electron chi connectivity index (χ4n) is 3.86. The van der Waals surface area contributed by atoms with Crippen molar-refractivity contribution in [3.63, 3.8) is 0 Å². The van der Waals surface area contributed by atoms with Crippen molar-refractivity contribution in [2.45, 2.75) is 19.4 Å². The summed E-state index contributed by atoms with van der Waals surface area (Å²) in [4.78, 5) is 10.9. The van der Waals surface area contributed by atoms with Gasteiger partial charge in [0, 0.05) is 49.9 Å². The molecule has 1 fully saturated rings. The van der Waals surface area contributed by atoms with E-state index in [1.807, 2.05) is 19.1 Å². The summed E-state index contributed by atoms with van der Waals surface area (Å²) in [6.07, 6.45) is 4.62. The van der Waals surface area contributed by atoms with Crippen LogP contribution >= 0.6 is 0 Å². The van der Waals surface area contributed by atoms with Crippen LogP contribution in [0.2, 0.25) is 0 Å². The number of imidazole rings is 1. The third-order valence-corrected chi connectivity index (χ3v) is 5.47. The average Bonchev–Trinajstić information content (AvgIpc) is 3.41. The number of aromatic nitrogens is 3. The smallest absolute Gasteiger partial charge is 0.159 e. The molecule has 0 amide bonds. The zero-order chi connectivity index (χ0) is 21.3. The fraction of sp³-hybridized carbons (Fsp3) is 0.318. The van der Waals surface area contributed by atoms with Crippen LogP contribution < -0.4 is 15.4 Å². The molecule has 3 aromatic rings. The number of pyridine rings is 1. The summed E-state index contributed by atoms with van der Waals surface area (Å²) in [7, 11) is 3.38. The van der Waals surface area contributed by atoms with Crippen LogP contribution in [-0.2, 0) is 4.74 Å². The van der Waals surface area contributed by atoms with Crippen LogP contribution in [0.25, 0.3) is 16.9 Å². The minimum Gasteiger partial charge on any atom is -0.497 e. The zero-order valence-corrected chi connectivity index (χ0v) is 17.3. The van der Waals surface area contributed by atoms with Crippen molar-refractivity contribution in [3.8, 4) is 28.8 Å². The summed E-state index contributed by atoms with van der Waals surface area (Å²) in [6, 6.07) is 10.0. The highest BCUT2D eigenvalue weighted by atomic mass is 16.5. The van der Waals surface area contributed by atoms with Gasteiger partial charge in [-0.15, -0.1) is 0 Å². The van der Waals surface area contributed by atoms with E-state index in [9.17, 15) is 5.26 Å². The van der Waals surface area contributed by atoms with Gasteiger partial charge in [-0.05, 0) is 37.1 Å². The van der Waals surface area contributed by atoms with Gasteiger partial charge in [0.15, 0.2) is 5.82 Å². The molecule has 4 rings (SSSR count). The second kappa shape index (κ2) is 8.05. The standard InChI is InChI=1S/C22H24N6O2/c1-14-25-5-7-28(14)22-20(12-23)19(11-21(24)26-22)15-8-16(10-18(9-15)30-3)27-6-4-17(13-27)29-2/h5,7-11,17H,4,6,13H2,1-3H3,(H2,24,26). The molecular formula is C22H24N6O2. The van der Waals surface area contributed by atoms with Crippen molar-refractivity contribution < 1.29 is 9.47 Å². The maximum absolute atomic E-state index is 9.99. The third-order valence-electron chi connectivity index (χ3n) is 5.47. The summed E-state index contributed by atoms with van der Waals surface area (Å²) in [5.41, 5.74) is 9.13. The first kappa shape index (κ1) is 19.7. The molecule has 3 heterocycles. The minimum atomic E-state index is 0.210. The lowest BCUT2D eigenvalue weighted by Gasteiger charge is -2.21. The van der Waals surface area contributed by atoms with Crippen molar-refractivity contribution >= 4 is 11.5 Å². The van der Waals surface area contributed by atoms with E-state index in [0.717, 1.165) is 36.6 Å². The average molecular weight is 404 g/mol. The predicted octanol–water partition coefficient (Wildman–Crippen LogP) is 2.93. The molecule has 1 saturated heterocycles. The summed E-state index contributed by atoms with van der Waals surface area (Å²) in [5, 5.41) is 9.99. The predicted molar refractivity (Wildman–Crippen MR) is 115 cm³/mol. The minimum absolute atomic E-state index is 0.210. The first-order valence-corrected chi connectivity index (χ1v) is 9.72. The van der Waals surface area contributed by atoms with Gasteiger partial charge in [0.2, 0.25) is 0 Å². The number of benzene rings is 1. The molecule has 8 heteroatoms. The lowest BCUT2D eigenvalue weighted by Crippen LogP contribution is -2.22. The molecule has 0 spiro atoms. The summed E-state index contributed by atoms with van der Waals surface area (Å²) >= 11 is 0. The number of nitrogen functional groups attached to an aromatic ring is 1. The highest BCUT2D eigenvalue weighted by molar-refractivity contribution is 5.79. The molecule has 0 bridgehead atoms. The van der Waals surface area contributed by atoms with Gasteiger partial charge in [-0.25, -0.2) is 9.97 Å². The molecule has 1 atom stereocenters. The fourth-order valence-corrected chi connectivity index (χ4v) is 3.86. The van der Waals surface area contributed by atoms with E-state index in [1.54, 1.807) is 37.2 Å². The van der Waals surface area contributed by atoms with Gasteiger partial charge < -0.3 is 20.1 Å². The number of nitriles is 1. The largest absolute Gasteiger partial charge is 0.497 e. The maximum Gasteiger partial charge on any atom is 0.159 e. The lowest BCUT2D eigenvalue weighted by molar-refractivity contribution is 0.121. The van der Waals surface area contributed by atoms with Crippen LogP contribution in [0.5, 0.6) is 5.75 Å². The summed E-state index contributed by atoms with van der Waals surface area (Å²) in [6.45, 7) is 3.56. The first-order chi connectivity index (χ1) is 14.5. The third kappa shape index (κ3) is 3.55. The number of anilines is 2. The van der Waals surface area contributed by atoms with Gasteiger partial charge in [0.1, 0.15) is 29.0 Å². The number of nitrogens with two attached hydrogens (primary N) is 1. The van der Waals surface area contributed by atoms with Gasteiger partial charge in [-0.1, -0.05) is 0 Å². The van der Waals surface area contributed by atoms with E-state index >= 15 is 0 Å². The molecule has 154 valence electrons. The van der Waals surface area contributed by atoms with Crippen LogP contribution in [-0.4, -0.2) is 47.9 Å². The summed E-state index contributed by atoms with van der Waals surface area (Å²) in [5.74, 6) is 2.23. The topological polar surface area (TPSA) is 102 Å². The van der Waals surface area contributed by atoms with Crippen molar-refractivity contribution in [2.75, 3.05) is 37.9 Å². The zero-order valence-electron chi connectivity index (χ0n) is 17.3. The Balaban J connectivity index is 1.86. The van der Waals surface area contributed by atoms with Crippen molar-refractivity contribution in [1.82, 2.24) is 14.5 Å². The molecule has 8 nitrogen and oxygen atoms in total. The Morgan fingerprint density at radius 1 is 1.23 bits per heavy atom. The van der Waals surface area contributed by atoms with Gasteiger partial charge >= 0.3 is 0 Å². The summed E-state index contributed by atoms with van der Waals surface area (Å²) < 4.78 is 12.8. The van der Waals surface area contributed by atoms with Gasteiger partial charge in [0.25, 0.3) is 0 Å². The molecule has 1 aromatic carbocycles. The van der Waals surface area contributed by atoms with Gasteiger partial charge in [-0.2, -0.15) is 5.26 Å². The highest BCUT2D eigenvalue weighted by Gasteiger charge is 2.24.